The number of rotatable bonds is 5. The zero-order valence-corrected chi connectivity index (χ0v) is 12.4. The standard InChI is InChI=1S/C15H17N5O2/c1-10-17-18-15-7-6-14(19-20(10)15)16-13(9-21)11-4-3-5-12(8-11)22-2/h3-8,13,21H,9H2,1-2H3,(H,16,19). The van der Waals surface area contributed by atoms with E-state index in [1.165, 1.54) is 0 Å². The number of nitrogens with one attached hydrogen (secondary N) is 1. The van der Waals surface area contributed by atoms with Gasteiger partial charge in [0.2, 0.25) is 0 Å². The molecule has 3 rings (SSSR count). The third kappa shape index (κ3) is 2.71. The SMILES string of the molecule is COc1cccc(C(CO)Nc2ccc3nnc(C)n3n2)c1. The average Bonchev–Trinajstić information content (AvgIpc) is 2.93. The third-order valence-electron chi connectivity index (χ3n) is 3.42. The smallest absolute Gasteiger partial charge is 0.178 e. The molecule has 2 N–H and O–H groups in total. The lowest BCUT2D eigenvalue weighted by Gasteiger charge is -2.18. The summed E-state index contributed by atoms with van der Waals surface area (Å²) in [7, 11) is 1.62. The maximum Gasteiger partial charge on any atom is 0.178 e. The number of nitrogens with zero attached hydrogens (tertiary/aromatic N) is 4. The Morgan fingerprint density at radius 1 is 1.27 bits per heavy atom. The fourth-order valence-corrected chi connectivity index (χ4v) is 2.24. The molecule has 0 fully saturated rings. The highest BCUT2D eigenvalue weighted by molar-refractivity contribution is 5.46. The van der Waals surface area contributed by atoms with E-state index in [0.717, 1.165) is 11.3 Å². The summed E-state index contributed by atoms with van der Waals surface area (Å²) in [6, 6.07) is 10.9. The fraction of sp³-hybridized carbons (Fsp3) is 0.267. The second-order valence-corrected chi connectivity index (χ2v) is 4.89. The number of hydrogen-bond acceptors (Lipinski definition) is 6. The van der Waals surface area contributed by atoms with E-state index in [4.69, 9.17) is 4.74 Å². The Kier molecular flexibility index (Phi) is 3.88. The molecule has 0 amide bonds. The number of benzene rings is 1. The number of fused-ring (bicyclic) bond motifs is 1. The van der Waals surface area contributed by atoms with E-state index in [0.29, 0.717) is 17.3 Å². The summed E-state index contributed by atoms with van der Waals surface area (Å²) in [5, 5.41) is 25.3. The number of aliphatic hydroxyl groups is 1. The molecule has 7 heteroatoms. The van der Waals surface area contributed by atoms with Crippen molar-refractivity contribution >= 4 is 11.5 Å². The quantitative estimate of drug-likeness (QED) is 0.744. The highest BCUT2D eigenvalue weighted by atomic mass is 16.5. The molecule has 0 aliphatic heterocycles. The van der Waals surface area contributed by atoms with Gasteiger partial charge in [-0.3, -0.25) is 0 Å². The van der Waals surface area contributed by atoms with Gasteiger partial charge in [-0.05, 0) is 36.8 Å². The van der Waals surface area contributed by atoms with Crippen LogP contribution in [0.2, 0.25) is 0 Å². The Hall–Kier alpha value is -2.67. The maximum atomic E-state index is 9.67. The fourth-order valence-electron chi connectivity index (χ4n) is 2.24. The van der Waals surface area contributed by atoms with E-state index in [2.05, 4.69) is 20.6 Å². The first kappa shape index (κ1) is 14.3. The van der Waals surface area contributed by atoms with Gasteiger partial charge < -0.3 is 15.2 Å². The molecule has 0 saturated carbocycles. The van der Waals surface area contributed by atoms with Crippen LogP contribution in [0.5, 0.6) is 5.75 Å². The van der Waals surface area contributed by atoms with Crippen molar-refractivity contribution < 1.29 is 9.84 Å². The zero-order valence-electron chi connectivity index (χ0n) is 12.4. The van der Waals surface area contributed by atoms with E-state index < -0.39 is 0 Å². The molecule has 3 aromatic rings. The Morgan fingerprint density at radius 3 is 2.91 bits per heavy atom. The molecule has 0 aliphatic rings. The van der Waals surface area contributed by atoms with Crippen molar-refractivity contribution in [2.45, 2.75) is 13.0 Å². The Bertz CT molecular complexity index is 786. The van der Waals surface area contributed by atoms with Crippen molar-refractivity contribution in [2.75, 3.05) is 19.0 Å². The molecule has 22 heavy (non-hydrogen) atoms. The van der Waals surface area contributed by atoms with Crippen molar-refractivity contribution in [2.24, 2.45) is 0 Å². The molecule has 0 bridgehead atoms. The predicted octanol–water partition coefficient (Wildman–Crippen LogP) is 1.59. The summed E-state index contributed by atoms with van der Waals surface area (Å²) in [6.45, 7) is 1.77. The lowest BCUT2D eigenvalue weighted by atomic mass is 10.1. The highest BCUT2D eigenvalue weighted by Gasteiger charge is 2.13. The van der Waals surface area contributed by atoms with Crippen molar-refractivity contribution in [3.8, 4) is 5.75 Å². The summed E-state index contributed by atoms with van der Waals surface area (Å²) in [5.41, 5.74) is 1.61. The summed E-state index contributed by atoms with van der Waals surface area (Å²) < 4.78 is 6.87. The average molecular weight is 299 g/mol. The van der Waals surface area contributed by atoms with Gasteiger partial charge in [0.25, 0.3) is 0 Å². The number of aromatic nitrogens is 4. The Balaban J connectivity index is 1.88. The van der Waals surface area contributed by atoms with Crippen LogP contribution in [-0.4, -0.2) is 38.6 Å². The van der Waals surface area contributed by atoms with Crippen LogP contribution >= 0.6 is 0 Å². The largest absolute Gasteiger partial charge is 0.497 e. The first-order chi connectivity index (χ1) is 10.7. The molecule has 1 atom stereocenters. The van der Waals surface area contributed by atoms with Crippen LogP contribution < -0.4 is 10.1 Å². The Labute approximate surface area is 127 Å². The second-order valence-electron chi connectivity index (χ2n) is 4.89. The number of hydrogen-bond donors (Lipinski definition) is 2. The molecule has 1 unspecified atom stereocenters. The van der Waals surface area contributed by atoms with Crippen LogP contribution in [0.4, 0.5) is 5.82 Å². The van der Waals surface area contributed by atoms with Crippen molar-refractivity contribution in [1.82, 2.24) is 19.8 Å². The lowest BCUT2D eigenvalue weighted by Crippen LogP contribution is -2.16. The lowest BCUT2D eigenvalue weighted by molar-refractivity contribution is 0.275. The number of anilines is 1. The molecule has 1 aromatic carbocycles. The minimum atomic E-state index is -0.281. The summed E-state index contributed by atoms with van der Waals surface area (Å²) in [4.78, 5) is 0. The van der Waals surface area contributed by atoms with Gasteiger partial charge >= 0.3 is 0 Å². The van der Waals surface area contributed by atoms with Gasteiger partial charge in [-0.25, -0.2) is 0 Å². The van der Waals surface area contributed by atoms with Gasteiger partial charge in [0.15, 0.2) is 11.5 Å². The summed E-state index contributed by atoms with van der Waals surface area (Å²) in [6.07, 6.45) is 0. The van der Waals surface area contributed by atoms with Gasteiger partial charge in [0, 0.05) is 0 Å². The van der Waals surface area contributed by atoms with Crippen LogP contribution in [0.3, 0.4) is 0 Å². The van der Waals surface area contributed by atoms with E-state index in [1.807, 2.05) is 43.3 Å². The molecule has 0 aliphatic carbocycles. The first-order valence-electron chi connectivity index (χ1n) is 6.91. The predicted molar refractivity (Wildman–Crippen MR) is 82.0 cm³/mol. The molecule has 7 nitrogen and oxygen atoms in total. The monoisotopic (exact) mass is 299 g/mol. The molecule has 0 radical (unpaired) electrons. The zero-order chi connectivity index (χ0) is 15.5. The summed E-state index contributed by atoms with van der Waals surface area (Å²) >= 11 is 0. The third-order valence-corrected chi connectivity index (χ3v) is 3.42. The van der Waals surface area contributed by atoms with Crippen LogP contribution in [0.25, 0.3) is 5.65 Å². The van der Waals surface area contributed by atoms with Gasteiger partial charge in [0.05, 0.1) is 19.8 Å². The van der Waals surface area contributed by atoms with Crippen molar-refractivity contribution in [3.63, 3.8) is 0 Å². The highest BCUT2D eigenvalue weighted by Crippen LogP contribution is 2.22. The maximum absolute atomic E-state index is 9.67. The van der Waals surface area contributed by atoms with Gasteiger partial charge in [0.1, 0.15) is 11.6 Å². The molecular weight excluding hydrogens is 282 g/mol. The van der Waals surface area contributed by atoms with Gasteiger partial charge in [-0.1, -0.05) is 12.1 Å². The van der Waals surface area contributed by atoms with Crippen LogP contribution in [0.15, 0.2) is 36.4 Å². The normalized spacial score (nSPS) is 12.3. The van der Waals surface area contributed by atoms with E-state index in [-0.39, 0.29) is 12.6 Å². The molecule has 114 valence electrons. The van der Waals surface area contributed by atoms with Gasteiger partial charge in [-0.15, -0.1) is 15.3 Å². The summed E-state index contributed by atoms with van der Waals surface area (Å²) in [5.74, 6) is 2.09. The van der Waals surface area contributed by atoms with Gasteiger partial charge in [-0.2, -0.15) is 4.52 Å². The number of aliphatic hydroxyl groups excluding tert-OH is 1. The minimum Gasteiger partial charge on any atom is -0.497 e. The molecule has 0 spiro atoms. The van der Waals surface area contributed by atoms with E-state index in [1.54, 1.807) is 11.6 Å². The van der Waals surface area contributed by atoms with Crippen molar-refractivity contribution in [3.05, 3.63) is 47.8 Å². The number of ether oxygens (including phenoxy) is 1. The van der Waals surface area contributed by atoms with E-state index >= 15 is 0 Å². The van der Waals surface area contributed by atoms with E-state index in [9.17, 15) is 5.11 Å². The minimum absolute atomic E-state index is 0.0615. The molecular formula is C15H17N5O2. The number of methoxy groups -OCH3 is 1. The van der Waals surface area contributed by atoms with Crippen LogP contribution in [-0.2, 0) is 0 Å². The first-order valence-corrected chi connectivity index (χ1v) is 6.91. The van der Waals surface area contributed by atoms with Crippen LogP contribution in [0, 0.1) is 6.92 Å². The Morgan fingerprint density at radius 2 is 2.14 bits per heavy atom. The molecule has 0 saturated heterocycles. The molecule has 2 heterocycles. The van der Waals surface area contributed by atoms with Crippen LogP contribution in [0.1, 0.15) is 17.4 Å². The molecule has 2 aromatic heterocycles. The topological polar surface area (TPSA) is 84.6 Å². The van der Waals surface area contributed by atoms with Crippen molar-refractivity contribution in [1.29, 1.82) is 0 Å². The second kappa shape index (κ2) is 5.98. The number of aryl methyl sites for hydroxylation is 1.